The van der Waals surface area contributed by atoms with Crippen molar-refractivity contribution in [1.29, 1.82) is 0 Å². The molecule has 0 atom stereocenters. The Balaban J connectivity index is 0.000000448. The topological polar surface area (TPSA) is 379 Å². The molecule has 0 amide bonds. The molecule has 9 aromatic heterocycles. The number of nitrogens with zero attached hydrogens (tertiary/aromatic N) is 13. The minimum Gasteiger partial charge on any atom is -0.397 e. The van der Waals surface area contributed by atoms with E-state index < -0.39 is 81.2 Å². The van der Waals surface area contributed by atoms with Gasteiger partial charge in [0.15, 0.2) is 23.1 Å². The fourth-order valence-electron chi connectivity index (χ4n) is 7.95. The summed E-state index contributed by atoms with van der Waals surface area (Å²) in [6.07, 6.45) is 22.9. The fourth-order valence-corrected chi connectivity index (χ4v) is 14.4. The van der Waals surface area contributed by atoms with Gasteiger partial charge in [-0.1, -0.05) is 13.3 Å². The smallest absolute Gasteiger partial charge is 0.397 e. The number of carbonyl (C=O) groups excluding carboxylic acids is 4. The molecule has 9 aromatic rings. The van der Waals surface area contributed by atoms with Crippen LogP contribution in [0.4, 0.5) is 40.6 Å². The second kappa shape index (κ2) is 47.8. The molecule has 6 N–H and O–H groups in total. The number of aliphatic imine (C=N–C) groups is 2. The third-order valence-electron chi connectivity index (χ3n) is 14.9. The average molecular weight is 1730 g/mol. The Hall–Kier alpha value is -10.2. The van der Waals surface area contributed by atoms with Crippen molar-refractivity contribution in [1.82, 2.24) is 49.5 Å². The molecule has 0 radical (unpaired) electrons. The van der Waals surface area contributed by atoms with E-state index in [1.807, 2.05) is 73.6 Å². The number of ether oxygens (including phenoxy) is 5. The molecule has 1 fully saturated rings. The number of halogens is 4. The van der Waals surface area contributed by atoms with Gasteiger partial charge in [0.1, 0.15) is 29.1 Å². The third-order valence-corrected chi connectivity index (χ3v) is 23.3. The summed E-state index contributed by atoms with van der Waals surface area (Å²) in [5.41, 5.74) is 22.6. The minimum atomic E-state index is -5.43. The second-order valence-corrected chi connectivity index (χ2v) is 32.1. The first-order valence-electron chi connectivity index (χ1n) is 33.7. The Bertz CT molecular complexity index is 4280. The number of methoxy groups -OCH3 is 4. The van der Waals surface area contributed by atoms with Crippen molar-refractivity contribution < 1.29 is 90.0 Å². The van der Waals surface area contributed by atoms with E-state index >= 15 is 0 Å². The van der Waals surface area contributed by atoms with Crippen LogP contribution in [0, 0.1) is 36.9 Å². The molecule has 10 heterocycles. The van der Waals surface area contributed by atoms with E-state index in [2.05, 4.69) is 84.4 Å². The Labute approximate surface area is 663 Å². The van der Waals surface area contributed by atoms with E-state index in [-0.39, 0.29) is 42.0 Å². The number of carbonyl (C=O) groups is 4. The van der Waals surface area contributed by atoms with Crippen LogP contribution in [0.3, 0.4) is 0 Å². The number of unbranched alkanes of at least 4 members (excludes halogenated alkanes) is 1. The van der Waals surface area contributed by atoms with Gasteiger partial charge in [-0.3, -0.25) is 19.9 Å². The number of aromatic nitrogens is 10. The summed E-state index contributed by atoms with van der Waals surface area (Å²) >= 11 is -5.43. The van der Waals surface area contributed by atoms with Crippen molar-refractivity contribution in [3.05, 3.63) is 222 Å². The maximum atomic E-state index is 13.2. The van der Waals surface area contributed by atoms with E-state index in [1.165, 1.54) is 78.6 Å². The molecule has 1 aliphatic rings. The van der Waals surface area contributed by atoms with Gasteiger partial charge in [-0.2, -0.15) is 10.8 Å². The first kappa shape index (κ1) is 96.9. The number of anilines is 1. The molecule has 1 saturated heterocycles. The Kier molecular flexibility index (Phi) is 41.7. The molecular weight excluding hydrogens is 1640 g/mol. The van der Waals surface area contributed by atoms with Crippen LogP contribution in [-0.4, -0.2) is 150 Å². The van der Waals surface area contributed by atoms with E-state index in [0.29, 0.717) is 45.6 Å². The molecular formula is C76H95F4LiN16O13Pb. The van der Waals surface area contributed by atoms with Gasteiger partial charge >= 0.3 is 123 Å². The third kappa shape index (κ3) is 35.2. The van der Waals surface area contributed by atoms with Crippen LogP contribution in [0.5, 0.6) is 0 Å². The normalized spacial score (nSPS) is 11.8. The van der Waals surface area contributed by atoms with Crippen molar-refractivity contribution >= 4 is 87.2 Å². The van der Waals surface area contributed by atoms with Gasteiger partial charge in [0, 0.05) is 125 Å². The first-order chi connectivity index (χ1) is 51.8. The number of pyridine rings is 8. The van der Waals surface area contributed by atoms with Gasteiger partial charge < -0.3 is 47.8 Å². The molecule has 0 unspecified atom stereocenters. The number of nitrogens with two attached hydrogens (primary N) is 3. The maximum Gasteiger partial charge on any atom is 1.00 e. The Morgan fingerprint density at radius 1 is 0.559 bits per heavy atom. The van der Waals surface area contributed by atoms with Gasteiger partial charge in [-0.25, -0.2) is 52.5 Å². The number of rotatable bonds is 18. The molecule has 10 rings (SSSR count). The Morgan fingerprint density at radius 3 is 1.30 bits per heavy atom. The molecule has 1 aliphatic heterocycles. The predicted octanol–water partition coefficient (Wildman–Crippen LogP) is 10.3. The molecule has 0 aliphatic carbocycles. The van der Waals surface area contributed by atoms with Crippen molar-refractivity contribution in [2.45, 2.75) is 138 Å². The zero-order valence-electron chi connectivity index (χ0n) is 65.7. The molecule has 111 heavy (non-hydrogen) atoms. The van der Waals surface area contributed by atoms with Crippen LogP contribution in [0.25, 0.3) is 21.9 Å². The fraction of sp³-hybridized carbons (Fsp3) is 0.355. The molecule has 35 heteroatoms. The summed E-state index contributed by atoms with van der Waals surface area (Å²) in [5, 5.41) is 4.28. The summed E-state index contributed by atoms with van der Waals surface area (Å²) in [6.45, 7) is 34.1. The Morgan fingerprint density at radius 2 is 0.955 bits per heavy atom. The first-order valence-corrected chi connectivity index (χ1v) is 40.0. The summed E-state index contributed by atoms with van der Waals surface area (Å²) in [6, 6.07) is 18.5. The van der Waals surface area contributed by atoms with E-state index in [9.17, 15) is 36.7 Å². The van der Waals surface area contributed by atoms with E-state index in [0.717, 1.165) is 87.5 Å². The zero-order chi connectivity index (χ0) is 82.4. The largest absolute Gasteiger partial charge is 1.00 e. The average Bonchev–Trinajstić information content (AvgIpc) is 1.68. The number of nitrogen functional groups attached to an aromatic ring is 1. The summed E-state index contributed by atoms with van der Waals surface area (Å²) in [5.74, 6) is -3.51. The summed E-state index contributed by atoms with van der Waals surface area (Å²) < 4.78 is 97.1. The number of amidine groups is 2. The molecule has 590 valence electrons. The quantitative estimate of drug-likeness (QED) is 0.0179. The number of fused-ring (bicyclic) bond motifs is 1. The number of hydrogen-bond donors (Lipinski definition) is 3. The van der Waals surface area contributed by atoms with Crippen molar-refractivity contribution in [2.24, 2.45) is 21.5 Å². The van der Waals surface area contributed by atoms with Crippen molar-refractivity contribution in [3.63, 3.8) is 0 Å². The van der Waals surface area contributed by atoms with Crippen molar-refractivity contribution in [2.75, 3.05) is 47.4 Å². The van der Waals surface area contributed by atoms with Gasteiger partial charge in [-0.05, 0) is 147 Å². The van der Waals surface area contributed by atoms with Gasteiger partial charge in [0.05, 0.1) is 59.5 Å². The van der Waals surface area contributed by atoms with E-state index in [4.69, 9.17) is 47.5 Å². The van der Waals surface area contributed by atoms with Gasteiger partial charge in [0.25, 0.3) is 0 Å². The standard InChI is InChI=1S/C15H15FN4O.2C15H17FN4O.C10H12N2O.C5H5FN2.C4H8O.C4H9.4C2H4O2.Li.Pb/c1-15(2,21-3)11-6-10(7-17-8-11)14-18-13-5-4-12(16)9-20(13)19-14;2*1-15(2,21-3)11-6-10(7-18-8-11)14(17)20-13-5-4-12(16)9-19-13;1-10(2,13-4)8-5-9(11-3)7-12-6-8;6-5-2-1-4(7)3-8-5;1-2-4-5-3-1;1-3-4-2;4*1-2(3)4;;/h4-9H,1-3H3;2*4-9H,1-3H3,(H2,17,19,20);5-7H,1-2,4H3;1-3H,7H2;1-4H2;1,3-4H2,2H3;4*1H3,(H,3,4);;/q;;;;;;-1;;;;;+1;+4/p-4. The predicted molar refractivity (Wildman–Crippen MR) is 406 cm³/mol. The maximum absolute atomic E-state index is 13.2. The molecule has 0 aromatic carbocycles. The van der Waals surface area contributed by atoms with Crippen LogP contribution in [0.15, 0.2) is 157 Å². The van der Waals surface area contributed by atoms with Crippen LogP contribution in [-0.2, 0) is 76.0 Å². The van der Waals surface area contributed by atoms with E-state index in [1.54, 1.807) is 90.1 Å². The summed E-state index contributed by atoms with van der Waals surface area (Å²) in [4.78, 5) is 86.9. The summed E-state index contributed by atoms with van der Waals surface area (Å²) in [7, 11) is 6.56. The minimum absolute atomic E-state index is 0. The molecule has 29 nitrogen and oxygen atoms in total. The van der Waals surface area contributed by atoms with Gasteiger partial charge in [0.2, 0.25) is 11.6 Å². The van der Waals surface area contributed by atoms with Crippen LogP contribution >= 0.6 is 0 Å². The molecule has 0 spiro atoms. The second-order valence-electron chi connectivity index (χ2n) is 25.0. The van der Waals surface area contributed by atoms with Crippen LogP contribution in [0.2, 0.25) is 0 Å². The molecule has 0 bridgehead atoms. The molecule has 0 saturated carbocycles. The SMILES string of the molecule is C1CCOC1.CC(=O)[O][Pb]([O]C(C)=O)([O]C(C)=O)[O]C(C)=O.COC(C)(C)c1cncc(-c2nc3ccc(F)cn3n2)c1.COC(C)(C)c1cncc(C(N)=Nc2ccc(F)cn2)c1.COC(C)(C)c1cncc(C(N)=Nc2ccc(F)cn2)c1.Nc1ccc(F)nc1.[C-]#[N+]c1cncc(C(C)(C)OC)c1.[CH2-]CCC.[Li+]. The van der Waals surface area contributed by atoms with Crippen molar-refractivity contribution in [3.8, 4) is 11.4 Å². The zero-order valence-corrected chi connectivity index (χ0v) is 69.6. The van der Waals surface area contributed by atoms with Gasteiger partial charge in [-0.15, -0.1) is 5.10 Å². The monoisotopic (exact) mass is 1730 g/mol. The van der Waals surface area contributed by atoms with Crippen LogP contribution in [0.1, 0.15) is 149 Å². The van der Waals surface area contributed by atoms with Crippen LogP contribution < -0.4 is 36.1 Å². The number of hydrogen-bond acceptors (Lipinski definition) is 25.